The van der Waals surface area contributed by atoms with Gasteiger partial charge in [0.2, 0.25) is 0 Å². The third kappa shape index (κ3) is 5.79. The molecule has 3 aromatic rings. The summed E-state index contributed by atoms with van der Waals surface area (Å²) >= 11 is 0. The van der Waals surface area contributed by atoms with Crippen molar-refractivity contribution >= 4 is 11.6 Å². The summed E-state index contributed by atoms with van der Waals surface area (Å²) in [5, 5.41) is 6.62. The maximum absolute atomic E-state index is 13.2. The Morgan fingerprint density at radius 2 is 2.00 bits per heavy atom. The minimum Gasteiger partial charge on any atom is -0.491 e. The third-order valence-electron chi connectivity index (χ3n) is 6.04. The van der Waals surface area contributed by atoms with E-state index in [4.69, 9.17) is 4.74 Å². The van der Waals surface area contributed by atoms with Crippen LogP contribution in [0.4, 0.5) is 5.69 Å². The molecule has 172 valence electrons. The summed E-state index contributed by atoms with van der Waals surface area (Å²) in [4.78, 5) is 17.9. The number of pyridine rings is 1. The van der Waals surface area contributed by atoms with Gasteiger partial charge >= 0.3 is 0 Å². The van der Waals surface area contributed by atoms with Gasteiger partial charge in [-0.25, -0.2) is 0 Å². The van der Waals surface area contributed by atoms with Crippen LogP contribution in [0.2, 0.25) is 0 Å². The number of amides is 1. The number of anilines is 1. The van der Waals surface area contributed by atoms with E-state index in [1.54, 1.807) is 0 Å². The van der Waals surface area contributed by atoms with Gasteiger partial charge in [0.1, 0.15) is 5.75 Å². The van der Waals surface area contributed by atoms with Gasteiger partial charge in [-0.15, -0.1) is 0 Å². The molecule has 5 nitrogen and oxygen atoms in total. The van der Waals surface area contributed by atoms with E-state index in [-0.39, 0.29) is 12.0 Å². The molecule has 0 radical (unpaired) electrons. The number of rotatable bonds is 6. The monoisotopic (exact) mass is 443 g/mol. The Hall–Kier alpha value is -3.18. The summed E-state index contributed by atoms with van der Waals surface area (Å²) in [7, 11) is 0. The highest BCUT2D eigenvalue weighted by atomic mass is 16.5. The zero-order chi connectivity index (χ0) is 23.2. The number of hydrogen-bond acceptors (Lipinski definition) is 4. The van der Waals surface area contributed by atoms with Crippen LogP contribution in [0, 0.1) is 6.92 Å². The van der Waals surface area contributed by atoms with Gasteiger partial charge in [-0.2, -0.15) is 0 Å². The predicted molar refractivity (Wildman–Crippen MR) is 134 cm³/mol. The second-order valence-corrected chi connectivity index (χ2v) is 9.01. The van der Waals surface area contributed by atoms with Gasteiger partial charge in [-0.1, -0.05) is 24.6 Å². The zero-order valence-electron chi connectivity index (χ0n) is 19.7. The van der Waals surface area contributed by atoms with E-state index in [2.05, 4.69) is 28.6 Å². The normalized spacial score (nSPS) is 16.3. The number of hydrogen-bond donors (Lipinski definition) is 2. The number of nitrogens with zero attached hydrogens (tertiary/aromatic N) is 1. The largest absolute Gasteiger partial charge is 0.491 e. The molecule has 1 aromatic heterocycles. The van der Waals surface area contributed by atoms with E-state index in [1.807, 2.05) is 68.6 Å². The van der Waals surface area contributed by atoms with Crippen molar-refractivity contribution in [3.63, 3.8) is 0 Å². The molecule has 1 saturated heterocycles. The van der Waals surface area contributed by atoms with E-state index in [0.29, 0.717) is 11.5 Å². The number of aryl methyl sites for hydroxylation is 1. The first-order chi connectivity index (χ1) is 16.0. The lowest BCUT2D eigenvalue weighted by Gasteiger charge is -2.18. The molecule has 1 aliphatic rings. The minimum atomic E-state index is -0.123. The lowest BCUT2D eigenvalue weighted by molar-refractivity contribution is 0.102. The minimum absolute atomic E-state index is 0.107. The van der Waals surface area contributed by atoms with Crippen molar-refractivity contribution in [2.45, 2.75) is 52.1 Å². The highest BCUT2D eigenvalue weighted by molar-refractivity contribution is 6.05. The fourth-order valence-electron chi connectivity index (χ4n) is 4.38. The molecule has 0 saturated carbocycles. The van der Waals surface area contributed by atoms with Gasteiger partial charge in [0.15, 0.2) is 0 Å². The van der Waals surface area contributed by atoms with Crippen LogP contribution in [0.3, 0.4) is 0 Å². The lowest BCUT2D eigenvalue weighted by Crippen LogP contribution is -2.22. The number of carbonyl (C=O) groups excluding carboxylic acids is 1. The fourth-order valence-corrected chi connectivity index (χ4v) is 4.38. The first kappa shape index (κ1) is 23.0. The van der Waals surface area contributed by atoms with E-state index >= 15 is 0 Å². The van der Waals surface area contributed by atoms with Crippen LogP contribution in [-0.4, -0.2) is 30.1 Å². The van der Waals surface area contributed by atoms with Crippen molar-refractivity contribution < 1.29 is 9.53 Å². The van der Waals surface area contributed by atoms with Crippen LogP contribution in [0.1, 0.15) is 60.6 Å². The Morgan fingerprint density at radius 1 is 1.12 bits per heavy atom. The maximum atomic E-state index is 13.2. The number of nitrogens with one attached hydrogen (secondary N) is 2. The SMILES string of the molecule is Cc1ccc(C(=O)Nc2cccnc2C2CCCCNC2)cc1-c1cccc(OC(C)C)c1. The smallest absolute Gasteiger partial charge is 0.255 e. The summed E-state index contributed by atoms with van der Waals surface area (Å²) in [5.41, 5.74) is 5.55. The molecule has 33 heavy (non-hydrogen) atoms. The van der Waals surface area contributed by atoms with Crippen molar-refractivity contribution in [1.82, 2.24) is 10.3 Å². The molecule has 0 aliphatic carbocycles. The van der Waals surface area contributed by atoms with Crippen LogP contribution in [0.5, 0.6) is 5.75 Å². The molecule has 1 unspecified atom stereocenters. The fraction of sp³-hybridized carbons (Fsp3) is 0.357. The molecule has 1 aliphatic heterocycles. The molecular weight excluding hydrogens is 410 g/mol. The van der Waals surface area contributed by atoms with Crippen molar-refractivity contribution in [3.8, 4) is 16.9 Å². The van der Waals surface area contributed by atoms with E-state index < -0.39 is 0 Å². The summed E-state index contributed by atoms with van der Waals surface area (Å²) in [5.74, 6) is 1.01. The molecule has 1 amide bonds. The highest BCUT2D eigenvalue weighted by Gasteiger charge is 2.20. The molecule has 0 spiro atoms. The Labute approximate surface area is 196 Å². The Kier molecular flexibility index (Phi) is 7.40. The van der Waals surface area contributed by atoms with Crippen molar-refractivity contribution in [2.24, 2.45) is 0 Å². The molecule has 1 atom stereocenters. The summed E-state index contributed by atoms with van der Waals surface area (Å²) in [6.07, 6.45) is 5.35. The first-order valence-corrected chi connectivity index (χ1v) is 11.9. The summed E-state index contributed by atoms with van der Waals surface area (Å²) in [6.45, 7) is 8.02. The van der Waals surface area contributed by atoms with E-state index in [0.717, 1.165) is 53.3 Å². The van der Waals surface area contributed by atoms with Crippen LogP contribution in [-0.2, 0) is 0 Å². The van der Waals surface area contributed by atoms with Gasteiger partial charge in [-0.3, -0.25) is 9.78 Å². The summed E-state index contributed by atoms with van der Waals surface area (Å²) in [6, 6.07) is 17.7. The number of aromatic nitrogens is 1. The molecule has 5 heteroatoms. The second-order valence-electron chi connectivity index (χ2n) is 9.01. The Bertz CT molecular complexity index is 1100. The predicted octanol–water partition coefficient (Wildman–Crippen LogP) is 5.95. The number of benzene rings is 2. The second kappa shape index (κ2) is 10.6. The Morgan fingerprint density at radius 3 is 2.85 bits per heavy atom. The molecule has 2 heterocycles. The maximum Gasteiger partial charge on any atom is 0.255 e. The molecular formula is C28H33N3O2. The Balaban J connectivity index is 1.58. The van der Waals surface area contributed by atoms with Gasteiger partial charge in [0.05, 0.1) is 17.5 Å². The van der Waals surface area contributed by atoms with Crippen molar-refractivity contribution in [3.05, 3.63) is 77.6 Å². The third-order valence-corrected chi connectivity index (χ3v) is 6.04. The quantitative estimate of drug-likeness (QED) is 0.494. The highest BCUT2D eigenvalue weighted by Crippen LogP contribution is 2.30. The van der Waals surface area contributed by atoms with Crippen molar-refractivity contribution in [2.75, 3.05) is 18.4 Å². The first-order valence-electron chi connectivity index (χ1n) is 11.9. The van der Waals surface area contributed by atoms with Gasteiger partial charge in [0.25, 0.3) is 5.91 Å². The van der Waals surface area contributed by atoms with Gasteiger partial charge in [-0.05, 0) is 93.2 Å². The molecule has 2 N–H and O–H groups in total. The van der Waals surface area contributed by atoms with Crippen molar-refractivity contribution in [1.29, 1.82) is 0 Å². The van der Waals surface area contributed by atoms with Gasteiger partial charge in [0, 0.05) is 24.2 Å². The van der Waals surface area contributed by atoms with Crippen LogP contribution < -0.4 is 15.4 Å². The van der Waals surface area contributed by atoms with Crippen LogP contribution in [0.25, 0.3) is 11.1 Å². The summed E-state index contributed by atoms with van der Waals surface area (Å²) < 4.78 is 5.86. The van der Waals surface area contributed by atoms with Crippen LogP contribution >= 0.6 is 0 Å². The molecule has 4 rings (SSSR count). The zero-order valence-corrected chi connectivity index (χ0v) is 19.7. The van der Waals surface area contributed by atoms with Crippen LogP contribution in [0.15, 0.2) is 60.8 Å². The molecule has 2 aromatic carbocycles. The standard InChI is InChI=1S/C28H33N3O2/c1-19(2)33-24-10-6-9-21(16-24)25-17-22(13-12-20(25)3)28(32)31-26-11-7-15-30-27(26)23-8-4-5-14-29-18-23/h6-7,9-13,15-17,19,23,29H,4-5,8,14,18H2,1-3H3,(H,31,32). The van der Waals surface area contributed by atoms with Gasteiger partial charge < -0.3 is 15.4 Å². The molecule has 0 bridgehead atoms. The average Bonchev–Trinajstić information content (AvgIpc) is 3.09. The topological polar surface area (TPSA) is 63.2 Å². The average molecular weight is 444 g/mol. The van der Waals surface area contributed by atoms with E-state index in [1.165, 1.54) is 12.8 Å². The number of carbonyl (C=O) groups is 1. The number of ether oxygens (including phenoxy) is 1. The molecule has 1 fully saturated rings. The lowest BCUT2D eigenvalue weighted by atomic mass is 9.96. The van der Waals surface area contributed by atoms with E-state index in [9.17, 15) is 4.79 Å².